The number of aromatic nitrogens is 3. The molecule has 2 N–H and O–H groups in total. The fourth-order valence-electron chi connectivity index (χ4n) is 4.07. The number of amides is 1. The molecule has 4 rings (SSSR count). The van der Waals surface area contributed by atoms with Gasteiger partial charge < -0.3 is 10.6 Å². The number of carbonyl (C=O) groups excluding carboxylic acids is 1. The van der Waals surface area contributed by atoms with Gasteiger partial charge in [-0.25, -0.2) is 4.68 Å². The van der Waals surface area contributed by atoms with Gasteiger partial charge in [-0.1, -0.05) is 35.4 Å². The van der Waals surface area contributed by atoms with Crippen LogP contribution in [0.1, 0.15) is 65.9 Å². The Hall–Kier alpha value is -1.63. The highest BCUT2D eigenvalue weighted by Gasteiger charge is 2.31. The summed E-state index contributed by atoms with van der Waals surface area (Å²) in [5, 5.41) is 15.8. The monoisotopic (exact) mass is 423 g/mol. The summed E-state index contributed by atoms with van der Waals surface area (Å²) in [4.78, 5) is 13.0. The number of piperidine rings is 1. The van der Waals surface area contributed by atoms with Crippen LogP contribution in [0.15, 0.2) is 24.3 Å². The van der Waals surface area contributed by atoms with Crippen molar-refractivity contribution in [1.29, 1.82) is 0 Å². The molecule has 1 atom stereocenters. The first-order chi connectivity index (χ1) is 13.1. The molecule has 0 radical (unpaired) electrons. The molecule has 1 aromatic carbocycles. The van der Waals surface area contributed by atoms with Crippen LogP contribution in [0.5, 0.6) is 0 Å². The van der Waals surface area contributed by atoms with E-state index in [9.17, 15) is 4.79 Å². The fourth-order valence-corrected chi connectivity index (χ4v) is 4.20. The molecule has 1 aliphatic carbocycles. The molecule has 2 heterocycles. The van der Waals surface area contributed by atoms with E-state index in [1.54, 1.807) is 0 Å². The quantitative estimate of drug-likeness (QED) is 0.765. The Balaban J connectivity index is 0.00000225. The van der Waals surface area contributed by atoms with Gasteiger partial charge in [-0.2, -0.15) is 0 Å². The van der Waals surface area contributed by atoms with Gasteiger partial charge in [-0.05, 0) is 69.3 Å². The number of nitrogens with zero attached hydrogens (tertiary/aromatic N) is 3. The van der Waals surface area contributed by atoms with Crippen molar-refractivity contribution < 1.29 is 4.79 Å². The van der Waals surface area contributed by atoms with E-state index in [4.69, 9.17) is 11.6 Å². The van der Waals surface area contributed by atoms with Crippen molar-refractivity contribution in [2.24, 2.45) is 5.92 Å². The molecule has 152 valence electrons. The lowest BCUT2D eigenvalue weighted by molar-refractivity contribution is 0.0894. The summed E-state index contributed by atoms with van der Waals surface area (Å²) in [6.07, 6.45) is 5.51. The molecule has 1 aliphatic heterocycles. The molecule has 6 nitrogen and oxygen atoms in total. The maximum absolute atomic E-state index is 13.0. The lowest BCUT2D eigenvalue weighted by atomic mass is 9.77. The van der Waals surface area contributed by atoms with Gasteiger partial charge in [0.25, 0.3) is 5.91 Å². The summed E-state index contributed by atoms with van der Waals surface area (Å²) in [6, 6.07) is 8.08. The Bertz CT molecular complexity index is 797. The van der Waals surface area contributed by atoms with Crippen molar-refractivity contribution >= 4 is 29.9 Å². The van der Waals surface area contributed by atoms with Crippen molar-refractivity contribution in [3.8, 4) is 0 Å². The third-order valence-corrected chi connectivity index (χ3v) is 6.19. The average Bonchev–Trinajstić information content (AvgIpc) is 3.02. The maximum atomic E-state index is 13.0. The van der Waals surface area contributed by atoms with E-state index in [0.717, 1.165) is 50.0 Å². The van der Waals surface area contributed by atoms with Crippen LogP contribution < -0.4 is 10.6 Å². The topological polar surface area (TPSA) is 71.8 Å². The van der Waals surface area contributed by atoms with Gasteiger partial charge in [0.15, 0.2) is 5.69 Å². The second kappa shape index (κ2) is 9.25. The summed E-state index contributed by atoms with van der Waals surface area (Å²) in [5.74, 6) is 0.328. The Kier molecular flexibility index (Phi) is 6.96. The number of hydrogen-bond acceptors (Lipinski definition) is 4. The number of carbonyl (C=O) groups is 1. The molecule has 1 aromatic heterocycles. The third kappa shape index (κ3) is 4.34. The van der Waals surface area contributed by atoms with E-state index in [1.807, 2.05) is 35.9 Å². The van der Waals surface area contributed by atoms with Crippen LogP contribution in [0.4, 0.5) is 0 Å². The van der Waals surface area contributed by atoms with Crippen LogP contribution in [0.2, 0.25) is 5.02 Å². The van der Waals surface area contributed by atoms with E-state index >= 15 is 0 Å². The second-order valence-corrected chi connectivity index (χ2v) is 8.08. The minimum absolute atomic E-state index is 0. The summed E-state index contributed by atoms with van der Waals surface area (Å²) in [6.45, 7) is 3.90. The molecule has 1 saturated carbocycles. The first-order valence-corrected chi connectivity index (χ1v) is 10.2. The molecule has 2 aromatic rings. The predicted octanol–water partition coefficient (Wildman–Crippen LogP) is 3.86. The van der Waals surface area contributed by atoms with Crippen LogP contribution in [-0.2, 0) is 0 Å². The van der Waals surface area contributed by atoms with Crippen molar-refractivity contribution in [2.75, 3.05) is 13.1 Å². The summed E-state index contributed by atoms with van der Waals surface area (Å²) < 4.78 is 1.93. The summed E-state index contributed by atoms with van der Waals surface area (Å²) in [7, 11) is 0. The van der Waals surface area contributed by atoms with Gasteiger partial charge in [0.1, 0.15) is 0 Å². The van der Waals surface area contributed by atoms with E-state index < -0.39 is 0 Å². The van der Waals surface area contributed by atoms with Crippen molar-refractivity contribution in [3.05, 3.63) is 46.2 Å². The minimum Gasteiger partial charge on any atom is -0.343 e. The SMILES string of the molecule is Cc1c(C(=O)NC(c2ccc(Cl)cc2)C2CCC2)nnn1C1CCNCC1.Cl. The van der Waals surface area contributed by atoms with E-state index in [2.05, 4.69) is 20.9 Å². The molecule has 28 heavy (non-hydrogen) atoms. The highest BCUT2D eigenvalue weighted by molar-refractivity contribution is 6.30. The smallest absolute Gasteiger partial charge is 0.274 e. The molecular weight excluding hydrogens is 397 g/mol. The van der Waals surface area contributed by atoms with E-state index in [-0.39, 0.29) is 24.4 Å². The Labute approximate surface area is 176 Å². The first-order valence-electron chi connectivity index (χ1n) is 9.82. The van der Waals surface area contributed by atoms with Gasteiger partial charge in [-0.3, -0.25) is 4.79 Å². The fraction of sp³-hybridized carbons (Fsp3) is 0.550. The largest absolute Gasteiger partial charge is 0.343 e. The van der Waals surface area contributed by atoms with Gasteiger partial charge in [-0.15, -0.1) is 17.5 Å². The normalized spacial score (nSPS) is 18.8. The number of hydrogen-bond donors (Lipinski definition) is 2. The Morgan fingerprint density at radius 2 is 1.89 bits per heavy atom. The zero-order valence-electron chi connectivity index (χ0n) is 16.0. The highest BCUT2D eigenvalue weighted by atomic mass is 35.5. The average molecular weight is 424 g/mol. The summed E-state index contributed by atoms with van der Waals surface area (Å²) in [5.41, 5.74) is 2.38. The molecule has 1 saturated heterocycles. The van der Waals surface area contributed by atoms with Crippen LogP contribution in [0.25, 0.3) is 0 Å². The minimum atomic E-state index is -0.139. The lowest BCUT2D eigenvalue weighted by Crippen LogP contribution is -2.36. The third-order valence-electron chi connectivity index (χ3n) is 5.93. The van der Waals surface area contributed by atoms with E-state index in [0.29, 0.717) is 22.7 Å². The zero-order valence-corrected chi connectivity index (χ0v) is 17.6. The predicted molar refractivity (Wildman–Crippen MR) is 112 cm³/mol. The van der Waals surface area contributed by atoms with Gasteiger partial charge in [0, 0.05) is 5.02 Å². The number of benzene rings is 1. The Morgan fingerprint density at radius 1 is 1.21 bits per heavy atom. The number of nitrogens with one attached hydrogen (secondary N) is 2. The molecule has 0 spiro atoms. The molecule has 0 bridgehead atoms. The summed E-state index contributed by atoms with van der Waals surface area (Å²) >= 11 is 6.03. The van der Waals surface area contributed by atoms with Crippen molar-refractivity contribution in [2.45, 2.75) is 51.1 Å². The number of rotatable bonds is 5. The highest BCUT2D eigenvalue weighted by Crippen LogP contribution is 2.38. The van der Waals surface area contributed by atoms with Gasteiger partial charge >= 0.3 is 0 Å². The Morgan fingerprint density at radius 3 is 2.50 bits per heavy atom. The van der Waals surface area contributed by atoms with Crippen LogP contribution >= 0.6 is 24.0 Å². The molecule has 2 aliphatic rings. The van der Waals surface area contributed by atoms with Crippen molar-refractivity contribution in [1.82, 2.24) is 25.6 Å². The molecular formula is C20H27Cl2N5O. The van der Waals surface area contributed by atoms with Gasteiger partial charge in [0.2, 0.25) is 0 Å². The van der Waals surface area contributed by atoms with Crippen molar-refractivity contribution in [3.63, 3.8) is 0 Å². The van der Waals surface area contributed by atoms with Crippen LogP contribution in [-0.4, -0.2) is 34.0 Å². The van der Waals surface area contributed by atoms with Crippen LogP contribution in [0, 0.1) is 12.8 Å². The van der Waals surface area contributed by atoms with E-state index in [1.165, 1.54) is 6.42 Å². The molecule has 8 heteroatoms. The van der Waals surface area contributed by atoms with Crippen LogP contribution in [0.3, 0.4) is 0 Å². The standard InChI is InChI=1S/C20H26ClN5O.ClH/c1-13-18(24-25-26(13)17-9-11-22-12-10-17)20(27)23-19(14-3-2-4-14)15-5-7-16(21)8-6-15;/h5-8,14,17,19,22H,2-4,9-12H2,1H3,(H,23,27);1H. The first kappa shape index (κ1) is 21.1. The molecule has 1 amide bonds. The van der Waals surface area contributed by atoms with Gasteiger partial charge in [0.05, 0.1) is 17.8 Å². The zero-order chi connectivity index (χ0) is 18.8. The second-order valence-electron chi connectivity index (χ2n) is 7.64. The lowest BCUT2D eigenvalue weighted by Gasteiger charge is -2.34. The molecule has 2 fully saturated rings. The maximum Gasteiger partial charge on any atom is 0.274 e. The number of halogens is 2. The molecule has 1 unspecified atom stereocenters.